The van der Waals surface area contributed by atoms with Gasteiger partial charge in [-0.2, -0.15) is 22.3 Å². The first kappa shape index (κ1) is 51.5. The molecule has 0 heterocycles. The molecule has 0 bridgehead atoms. The van der Waals surface area contributed by atoms with E-state index in [0.29, 0.717) is 0 Å². The maximum Gasteiger partial charge on any atom is 4.00 e. The molecule has 0 nitrogen and oxygen atoms in total. The van der Waals surface area contributed by atoms with Crippen molar-refractivity contribution in [2.24, 2.45) is 0 Å². The first-order chi connectivity index (χ1) is 31.5. The van der Waals surface area contributed by atoms with Crippen LogP contribution in [0.15, 0.2) is 237 Å². The molecule has 0 unspecified atom stereocenters. The Morgan fingerprint density at radius 1 is 0.250 bits per heavy atom. The van der Waals surface area contributed by atoms with Gasteiger partial charge in [0.1, 0.15) is 8.07 Å². The molecule has 10 aromatic rings. The van der Waals surface area contributed by atoms with Crippen molar-refractivity contribution in [1.82, 2.24) is 0 Å². The SMILES string of the molecule is Cc1c(C)c(C)[c-]([Si](c2c(-c3ccccc3)cccc2-c2ccccc2)(c2c(-c3ccccc3)cccc2-c2ccccc2)c2c(-c3ccccc3)cccc2-c2ccccc2)c1C.[Cl-].[Cl-].[Cl-].[Ti+4]. The molecule has 332 valence electrons. The van der Waals surface area contributed by atoms with Crippen molar-refractivity contribution in [3.05, 3.63) is 259 Å². The Morgan fingerprint density at radius 2 is 0.426 bits per heavy atom. The topological polar surface area (TPSA) is 0 Å². The first-order valence-electron chi connectivity index (χ1n) is 22.4. The molecule has 0 N–H and O–H groups in total. The van der Waals surface area contributed by atoms with E-state index in [-0.39, 0.29) is 58.9 Å². The van der Waals surface area contributed by atoms with Crippen molar-refractivity contribution >= 4 is 28.8 Å². The summed E-state index contributed by atoms with van der Waals surface area (Å²) in [6, 6.07) is 88.4. The molecule has 0 aliphatic rings. The molecule has 10 aromatic carbocycles. The van der Waals surface area contributed by atoms with Crippen molar-refractivity contribution < 1.29 is 58.9 Å². The first-order valence-corrected chi connectivity index (χ1v) is 24.4. The van der Waals surface area contributed by atoms with E-state index >= 15 is 0 Å². The molecule has 10 rings (SSSR count). The zero-order valence-electron chi connectivity index (χ0n) is 38.7. The molecule has 0 radical (unpaired) electrons. The van der Waals surface area contributed by atoms with E-state index in [9.17, 15) is 0 Å². The van der Waals surface area contributed by atoms with Crippen LogP contribution in [0.1, 0.15) is 22.3 Å². The molecule has 0 aromatic heterocycles. The predicted molar refractivity (Wildman–Crippen MR) is 277 cm³/mol. The zero-order chi connectivity index (χ0) is 43.6. The van der Waals surface area contributed by atoms with Crippen molar-refractivity contribution in [3.8, 4) is 66.8 Å². The third-order valence-electron chi connectivity index (χ3n) is 13.6. The Balaban J connectivity index is 0.00000190. The van der Waals surface area contributed by atoms with Gasteiger partial charge in [0, 0.05) is 0 Å². The van der Waals surface area contributed by atoms with E-state index in [1.807, 2.05) is 0 Å². The Hall–Kier alpha value is -5.87. The van der Waals surface area contributed by atoms with Crippen molar-refractivity contribution in [2.45, 2.75) is 27.7 Å². The van der Waals surface area contributed by atoms with Crippen LogP contribution in [0.4, 0.5) is 0 Å². The molecule has 0 fully saturated rings. The maximum atomic E-state index is 2.42. The number of halogens is 3. The Labute approximate surface area is 437 Å². The molecule has 0 saturated heterocycles. The number of hydrogen-bond donors (Lipinski definition) is 0. The summed E-state index contributed by atoms with van der Waals surface area (Å²) in [6.07, 6.45) is 0. The summed E-state index contributed by atoms with van der Waals surface area (Å²) in [5, 5.41) is 5.64. The minimum absolute atomic E-state index is 0. The largest absolute Gasteiger partial charge is 4.00 e. The Bertz CT molecular complexity index is 2720. The molecule has 0 spiro atoms. The van der Waals surface area contributed by atoms with Crippen LogP contribution in [0, 0.1) is 27.7 Å². The van der Waals surface area contributed by atoms with Crippen LogP contribution < -0.4 is 58.0 Å². The molecule has 0 saturated carbocycles. The second-order valence-corrected chi connectivity index (χ2v) is 20.5. The predicted octanol–water partition coefficient (Wildman–Crippen LogP) is 5.03. The van der Waals surface area contributed by atoms with Gasteiger partial charge in [0.05, 0.1) is 0 Å². The van der Waals surface area contributed by atoms with E-state index in [0.717, 1.165) is 0 Å². The molecule has 0 atom stereocenters. The van der Waals surface area contributed by atoms with Gasteiger partial charge in [0.15, 0.2) is 0 Å². The smallest absolute Gasteiger partial charge is 1.00 e. The van der Waals surface area contributed by atoms with Crippen molar-refractivity contribution in [3.63, 3.8) is 0 Å². The van der Waals surface area contributed by atoms with E-state index in [4.69, 9.17) is 0 Å². The number of benzene rings is 9. The maximum absolute atomic E-state index is 3.76. The normalized spacial score (nSPS) is 10.8. The minimum Gasteiger partial charge on any atom is -1.00 e. The van der Waals surface area contributed by atoms with Gasteiger partial charge in [-0.3, -0.25) is 0 Å². The second-order valence-electron chi connectivity index (χ2n) is 17.0. The summed E-state index contributed by atoms with van der Waals surface area (Å²) in [4.78, 5) is 0. The van der Waals surface area contributed by atoms with Crippen molar-refractivity contribution in [2.75, 3.05) is 0 Å². The van der Waals surface area contributed by atoms with Gasteiger partial charge in [-0.05, 0) is 82.3 Å². The standard InChI is InChI=1S/C63H51Si.3ClH.Ti/c1-44-45(2)47(4)60(46(44)3)64(61-54(48-26-11-5-12-27-48)38-23-39-55(61)49-28-13-6-14-29-49,62-56(50-30-15-7-16-31-50)40-24-41-57(62)51-32-17-8-18-33-51)63-58(52-34-19-9-20-35-52)42-25-43-59(63)53-36-21-10-22-37-53;;;;/h5-43H,1-4H3;3*1H;/q-1;;;;+4/p-3. The molecule has 0 aliphatic carbocycles. The van der Waals surface area contributed by atoms with Gasteiger partial charge >= 0.3 is 21.7 Å². The average Bonchev–Trinajstić information content (AvgIpc) is 3.57. The summed E-state index contributed by atoms with van der Waals surface area (Å²) in [7, 11) is -3.76. The number of rotatable bonds is 10. The molecule has 68 heavy (non-hydrogen) atoms. The van der Waals surface area contributed by atoms with E-state index in [1.54, 1.807) is 0 Å². The van der Waals surface area contributed by atoms with Gasteiger partial charge in [0.25, 0.3) is 0 Å². The zero-order valence-corrected chi connectivity index (χ0v) is 43.5. The van der Waals surface area contributed by atoms with Gasteiger partial charge in [-0.1, -0.05) is 264 Å². The van der Waals surface area contributed by atoms with E-state index in [1.165, 1.54) is 110 Å². The van der Waals surface area contributed by atoms with Gasteiger partial charge in [0.2, 0.25) is 0 Å². The molecular formula is C63H51Cl3SiTi. The molecule has 0 amide bonds. The van der Waals surface area contributed by atoms with Crippen molar-refractivity contribution in [1.29, 1.82) is 0 Å². The monoisotopic (exact) mass is 988 g/mol. The van der Waals surface area contributed by atoms with Gasteiger partial charge in [-0.15, -0.1) is 5.19 Å². The molecule has 5 heteroatoms. The average molecular weight is 990 g/mol. The van der Waals surface area contributed by atoms with E-state index < -0.39 is 8.07 Å². The number of hydrogen-bond acceptors (Lipinski definition) is 0. The van der Waals surface area contributed by atoms with Crippen LogP contribution >= 0.6 is 0 Å². The third-order valence-corrected chi connectivity index (χ3v) is 19.0. The van der Waals surface area contributed by atoms with Gasteiger partial charge < -0.3 is 37.2 Å². The molecular weight excluding hydrogens is 939 g/mol. The summed E-state index contributed by atoms with van der Waals surface area (Å²) in [5.74, 6) is 0. The fourth-order valence-electron chi connectivity index (χ4n) is 10.5. The quantitative estimate of drug-likeness (QED) is 0.103. The van der Waals surface area contributed by atoms with Crippen LogP contribution in [0.3, 0.4) is 0 Å². The minimum atomic E-state index is -3.76. The molecule has 0 aliphatic heterocycles. The van der Waals surface area contributed by atoms with Crippen LogP contribution in [0.25, 0.3) is 66.8 Å². The third kappa shape index (κ3) is 9.08. The summed E-state index contributed by atoms with van der Waals surface area (Å²) in [6.45, 7) is 9.54. The van der Waals surface area contributed by atoms with Gasteiger partial charge in [-0.25, -0.2) is 0 Å². The second kappa shape index (κ2) is 22.5. The van der Waals surface area contributed by atoms with Crippen LogP contribution in [-0.4, -0.2) is 8.07 Å². The van der Waals surface area contributed by atoms with Crippen LogP contribution in [0.5, 0.6) is 0 Å². The van der Waals surface area contributed by atoms with E-state index in [2.05, 4.69) is 264 Å². The summed E-state index contributed by atoms with van der Waals surface area (Å²) >= 11 is 0. The Kier molecular flexibility index (Phi) is 17.0. The summed E-state index contributed by atoms with van der Waals surface area (Å²) in [5.41, 5.74) is 20.2. The summed E-state index contributed by atoms with van der Waals surface area (Å²) < 4.78 is 0. The van der Waals surface area contributed by atoms with Crippen LogP contribution in [0.2, 0.25) is 0 Å². The fraction of sp³-hybridized carbons (Fsp3) is 0.0635. The van der Waals surface area contributed by atoms with Crippen LogP contribution in [-0.2, 0) is 21.7 Å². The fourth-order valence-corrected chi connectivity index (χ4v) is 17.3. The Morgan fingerprint density at radius 3 is 0.603 bits per heavy atom.